The van der Waals surface area contributed by atoms with Crippen LogP contribution in [0, 0.1) is 0 Å². The Bertz CT molecular complexity index is 5290. The van der Waals surface area contributed by atoms with E-state index in [1.54, 1.807) is 0 Å². The minimum atomic E-state index is 0.817. The Morgan fingerprint density at radius 1 is 0.224 bits per heavy atom. The number of rotatable bonds is 10. The lowest BCUT2D eigenvalue weighted by molar-refractivity contribution is 0.494. The zero-order valence-electron chi connectivity index (χ0n) is 46.1. The van der Waals surface area contributed by atoms with Crippen LogP contribution in [-0.4, -0.2) is 9.13 Å². The van der Waals surface area contributed by atoms with Crippen LogP contribution in [0.4, 0.5) is 34.1 Å². The molecule has 18 aromatic rings. The van der Waals surface area contributed by atoms with E-state index in [2.05, 4.69) is 322 Å². The normalized spacial score (nSPS) is 12.0. The molecular weight excluding hydrogens is 1030 g/mol. The van der Waals surface area contributed by atoms with Crippen molar-refractivity contribution >= 4 is 142 Å². The number of hydrogen-bond donors (Lipinski definition) is 0. The average molecular weight is 1080 g/mol. The number of ether oxygens (including phenoxy) is 1. The van der Waals surface area contributed by atoms with Crippen LogP contribution in [0.25, 0.3) is 120 Å². The lowest BCUT2D eigenvalue weighted by atomic mass is 9.92. The maximum absolute atomic E-state index is 7.36. The molecular formula is C80H50N4O. The summed E-state index contributed by atoms with van der Waals surface area (Å²) in [5.41, 5.74) is 13.4. The SMILES string of the molecule is c1ccc(N(c2ccc3ccc4c(Oc5ccc6ccc7c(N(c8ccccc8)c8cccc9c%10ccccc%10n(-c%10ccccc%10)c89)ccc8ccc5c6c87)ccc5ccc2c3c54)c2cccc3c4ccccc4n(-c4ccccc4)c23)cc1. The monoisotopic (exact) mass is 1080 g/mol. The molecule has 5 heteroatoms. The van der Waals surface area contributed by atoms with Gasteiger partial charge >= 0.3 is 0 Å². The summed E-state index contributed by atoms with van der Waals surface area (Å²) in [5.74, 6) is 1.63. The van der Waals surface area contributed by atoms with Crippen molar-refractivity contribution in [2.75, 3.05) is 9.80 Å². The molecule has 2 aromatic heterocycles. The van der Waals surface area contributed by atoms with Gasteiger partial charge in [0.2, 0.25) is 0 Å². The van der Waals surface area contributed by atoms with E-state index >= 15 is 0 Å². The molecule has 5 nitrogen and oxygen atoms in total. The predicted molar refractivity (Wildman–Crippen MR) is 358 cm³/mol. The molecule has 0 aliphatic carbocycles. The van der Waals surface area contributed by atoms with Crippen molar-refractivity contribution in [2.45, 2.75) is 0 Å². The smallest absolute Gasteiger partial charge is 0.135 e. The fraction of sp³-hybridized carbons (Fsp3) is 0. The predicted octanol–water partition coefficient (Wildman–Crippen LogP) is 22.4. The van der Waals surface area contributed by atoms with Gasteiger partial charge in [-0.05, 0) is 142 Å². The molecule has 0 spiro atoms. The van der Waals surface area contributed by atoms with Crippen molar-refractivity contribution in [2.24, 2.45) is 0 Å². The van der Waals surface area contributed by atoms with Crippen molar-refractivity contribution in [3.8, 4) is 22.9 Å². The Kier molecular flexibility index (Phi) is 10.3. The second-order valence-electron chi connectivity index (χ2n) is 22.3. The molecule has 0 bridgehead atoms. The third-order valence-electron chi connectivity index (χ3n) is 17.8. The highest BCUT2D eigenvalue weighted by molar-refractivity contribution is 6.29. The molecule has 85 heavy (non-hydrogen) atoms. The first kappa shape index (κ1) is 47.3. The summed E-state index contributed by atoms with van der Waals surface area (Å²) in [4.78, 5) is 4.92. The van der Waals surface area contributed by atoms with Crippen LogP contribution in [0.3, 0.4) is 0 Å². The minimum Gasteiger partial charge on any atom is -0.456 e. The van der Waals surface area contributed by atoms with Crippen LogP contribution in [-0.2, 0) is 0 Å². The molecule has 2 heterocycles. The van der Waals surface area contributed by atoms with Gasteiger partial charge in [-0.1, -0.05) is 194 Å². The number of para-hydroxylation sites is 8. The molecule has 0 radical (unpaired) electrons. The number of nitrogens with zero attached hydrogens (tertiary/aromatic N) is 4. The summed E-state index contributed by atoms with van der Waals surface area (Å²) in [5, 5.41) is 18.8. The van der Waals surface area contributed by atoms with Crippen molar-refractivity contribution in [3.63, 3.8) is 0 Å². The summed E-state index contributed by atoms with van der Waals surface area (Å²) in [6.45, 7) is 0. The van der Waals surface area contributed by atoms with Gasteiger partial charge in [0, 0.05) is 76.6 Å². The van der Waals surface area contributed by atoms with Crippen LogP contribution < -0.4 is 14.5 Å². The molecule has 0 N–H and O–H groups in total. The Balaban J connectivity index is 0.805. The Morgan fingerprint density at radius 3 is 0.976 bits per heavy atom. The standard InChI is InChI=1S/C80H50N4O/c1-5-19-55(20-6-1)81(71-33-17-29-61-59-27-13-15-31-67(59)83(79(61)71)57-23-9-3-10-24-57)69-47-39-51-37-45-65-73(49-41-53-35-43-63(69)75(51)77(53)65)85-74-50-42-54-36-44-64-70(48-40-52-38-46-66(74)78(54)76(52)64)82(56-21-7-2-8-22-56)72-34-18-30-62-60-28-14-16-32-68(60)84(80(62)72)58-25-11-4-12-26-58/h1-50H. The fourth-order valence-electron chi connectivity index (χ4n) is 14.2. The quantitative estimate of drug-likeness (QED) is 0.128. The van der Waals surface area contributed by atoms with E-state index in [1.165, 1.54) is 75.7 Å². The first-order valence-electron chi connectivity index (χ1n) is 29.2. The third-order valence-corrected chi connectivity index (χ3v) is 17.8. The van der Waals surface area contributed by atoms with Crippen LogP contribution in [0.5, 0.6) is 11.5 Å². The largest absolute Gasteiger partial charge is 0.456 e. The van der Waals surface area contributed by atoms with E-state index in [-0.39, 0.29) is 0 Å². The van der Waals surface area contributed by atoms with E-state index < -0.39 is 0 Å². The van der Waals surface area contributed by atoms with Crippen LogP contribution >= 0.6 is 0 Å². The fourth-order valence-corrected chi connectivity index (χ4v) is 14.2. The molecule has 0 saturated heterocycles. The zero-order valence-corrected chi connectivity index (χ0v) is 46.1. The van der Waals surface area contributed by atoms with Gasteiger partial charge in [0.05, 0.1) is 44.8 Å². The Morgan fingerprint density at radius 2 is 0.553 bits per heavy atom. The van der Waals surface area contributed by atoms with Crippen LogP contribution in [0.15, 0.2) is 303 Å². The second-order valence-corrected chi connectivity index (χ2v) is 22.3. The minimum absolute atomic E-state index is 0.817. The third kappa shape index (κ3) is 7.05. The Labute approximate surface area is 489 Å². The van der Waals surface area contributed by atoms with E-state index in [0.29, 0.717) is 0 Å². The van der Waals surface area contributed by atoms with Gasteiger partial charge in [0.25, 0.3) is 0 Å². The number of hydrogen-bond acceptors (Lipinski definition) is 3. The summed E-state index contributed by atoms with van der Waals surface area (Å²) in [6, 6.07) is 110. The van der Waals surface area contributed by atoms with Gasteiger partial charge in [-0.15, -0.1) is 0 Å². The van der Waals surface area contributed by atoms with Crippen LogP contribution in [0.2, 0.25) is 0 Å². The van der Waals surface area contributed by atoms with Gasteiger partial charge in [-0.25, -0.2) is 0 Å². The molecule has 0 unspecified atom stereocenters. The Hall–Kier alpha value is -11.4. The van der Waals surface area contributed by atoms with E-state index in [1.807, 2.05) is 0 Å². The van der Waals surface area contributed by atoms with Crippen molar-refractivity contribution < 1.29 is 4.74 Å². The van der Waals surface area contributed by atoms with E-state index in [0.717, 1.165) is 89.6 Å². The van der Waals surface area contributed by atoms with Crippen molar-refractivity contribution in [3.05, 3.63) is 303 Å². The molecule has 0 saturated carbocycles. The molecule has 396 valence electrons. The maximum atomic E-state index is 7.36. The number of benzene rings is 16. The highest BCUT2D eigenvalue weighted by Crippen LogP contribution is 2.52. The average Bonchev–Trinajstić information content (AvgIpc) is 1.87. The molecule has 0 aliphatic rings. The highest BCUT2D eigenvalue weighted by atomic mass is 16.5. The first-order valence-corrected chi connectivity index (χ1v) is 29.2. The van der Waals surface area contributed by atoms with Gasteiger partial charge in [0.15, 0.2) is 0 Å². The van der Waals surface area contributed by atoms with Gasteiger partial charge in [0.1, 0.15) is 11.5 Å². The highest BCUT2D eigenvalue weighted by Gasteiger charge is 2.27. The molecule has 0 amide bonds. The lowest BCUT2D eigenvalue weighted by Crippen LogP contribution is -2.12. The second kappa shape index (κ2) is 18.6. The van der Waals surface area contributed by atoms with Crippen molar-refractivity contribution in [1.82, 2.24) is 9.13 Å². The number of fused-ring (bicyclic) bond motifs is 6. The molecule has 0 fully saturated rings. The topological polar surface area (TPSA) is 25.6 Å². The molecule has 0 aliphatic heterocycles. The zero-order chi connectivity index (χ0) is 55.7. The number of aromatic nitrogens is 2. The molecule has 16 aromatic carbocycles. The van der Waals surface area contributed by atoms with Gasteiger partial charge in [-0.3, -0.25) is 0 Å². The summed E-state index contributed by atoms with van der Waals surface area (Å²) in [6.07, 6.45) is 0. The molecule has 18 rings (SSSR count). The van der Waals surface area contributed by atoms with Gasteiger partial charge in [-0.2, -0.15) is 0 Å². The van der Waals surface area contributed by atoms with Crippen LogP contribution in [0.1, 0.15) is 0 Å². The molecule has 0 atom stereocenters. The van der Waals surface area contributed by atoms with E-state index in [9.17, 15) is 0 Å². The summed E-state index contributed by atoms with van der Waals surface area (Å²) >= 11 is 0. The van der Waals surface area contributed by atoms with Crippen molar-refractivity contribution in [1.29, 1.82) is 0 Å². The lowest BCUT2D eigenvalue weighted by Gasteiger charge is -2.29. The van der Waals surface area contributed by atoms with Gasteiger partial charge < -0.3 is 23.7 Å². The summed E-state index contributed by atoms with van der Waals surface area (Å²) in [7, 11) is 0. The van der Waals surface area contributed by atoms with E-state index in [4.69, 9.17) is 4.74 Å². The first-order chi connectivity index (χ1) is 42.2. The summed E-state index contributed by atoms with van der Waals surface area (Å²) < 4.78 is 12.2. The number of anilines is 6. The maximum Gasteiger partial charge on any atom is 0.135 e.